The van der Waals surface area contributed by atoms with Gasteiger partial charge in [0.2, 0.25) is 12.0 Å². The maximum absolute atomic E-state index is 14.2. The molecular formula is C39H40BrN5O5S2. The highest BCUT2D eigenvalue weighted by Crippen LogP contribution is 2.41. The summed E-state index contributed by atoms with van der Waals surface area (Å²) >= 11 is 6.31. The summed E-state index contributed by atoms with van der Waals surface area (Å²) in [4.78, 5) is 51.7. The van der Waals surface area contributed by atoms with Crippen molar-refractivity contribution in [2.75, 3.05) is 10.6 Å². The number of nitrogens with zero attached hydrogens (tertiary/aromatic N) is 3. The van der Waals surface area contributed by atoms with Crippen molar-refractivity contribution >= 4 is 67.7 Å². The number of oxime groups is 1. The highest BCUT2D eigenvalue weighted by Gasteiger charge is 2.42. The van der Waals surface area contributed by atoms with E-state index in [4.69, 9.17) is 14.6 Å². The van der Waals surface area contributed by atoms with E-state index < -0.39 is 34.5 Å². The lowest BCUT2D eigenvalue weighted by molar-refractivity contribution is -0.169. The second-order valence-corrected chi connectivity index (χ2v) is 16.0. The van der Waals surface area contributed by atoms with Crippen molar-refractivity contribution in [1.29, 1.82) is 0 Å². The standard InChI is InChI=1S/C39H40BrN5O5S2/c1-5-30(36(48)49-38(2,3)4)50-44-33(34(47)42-35-25(22-40)23-45-31(46)21-32(45)52-35)29-24-51-37(41-29)43-39(26-15-9-6-10-16-26,27-17-11-7-12-18-27)28-19-13-8-14-20-28/h6-20,23-24,30,32,35H,5,21-22H2,1-4H3,(H,41,43)(H,42,47)/b44-33-. The monoisotopic (exact) mass is 801 g/mol. The van der Waals surface area contributed by atoms with Crippen LogP contribution in [0.3, 0.4) is 0 Å². The molecule has 3 heterocycles. The number of amides is 2. The SMILES string of the molecule is CCC(O/N=C(\C(=O)NC1SC2CC(=O)N2C=C1CBr)c1csc(NC(c2ccccc2)(c2ccccc2)c2ccccc2)n1)C(=O)OC(C)(C)C. The van der Waals surface area contributed by atoms with Crippen LogP contribution in [0.25, 0.3) is 0 Å². The molecule has 3 aromatic carbocycles. The third kappa shape index (κ3) is 8.11. The van der Waals surface area contributed by atoms with Crippen molar-refractivity contribution in [3.05, 3.63) is 131 Å². The lowest BCUT2D eigenvalue weighted by atomic mass is 9.77. The number of hydrogen-bond donors (Lipinski definition) is 2. The molecule has 0 saturated carbocycles. The van der Waals surface area contributed by atoms with Gasteiger partial charge < -0.3 is 25.1 Å². The topological polar surface area (TPSA) is 122 Å². The summed E-state index contributed by atoms with van der Waals surface area (Å²) in [7, 11) is 0. The maximum Gasteiger partial charge on any atom is 0.350 e. The van der Waals surface area contributed by atoms with E-state index in [1.807, 2.05) is 54.6 Å². The number of fused-ring (bicyclic) bond motifs is 1. The normalized spacial score (nSPS) is 18.0. The number of carbonyl (C=O) groups is 3. The fraction of sp³-hybridized carbons (Fsp3) is 0.308. The molecule has 10 nitrogen and oxygen atoms in total. The molecule has 3 atom stereocenters. The number of nitrogens with one attached hydrogen (secondary N) is 2. The average molecular weight is 803 g/mol. The Bertz CT molecular complexity index is 1850. The predicted octanol–water partition coefficient (Wildman–Crippen LogP) is 7.41. The Hall–Kier alpha value is -4.46. The summed E-state index contributed by atoms with van der Waals surface area (Å²) in [6, 6.07) is 30.4. The van der Waals surface area contributed by atoms with Crippen molar-refractivity contribution in [2.45, 2.75) is 68.5 Å². The van der Waals surface area contributed by atoms with Crippen molar-refractivity contribution in [3.8, 4) is 0 Å². The van der Waals surface area contributed by atoms with Gasteiger partial charge >= 0.3 is 5.97 Å². The molecule has 0 spiro atoms. The van der Waals surface area contributed by atoms with Gasteiger partial charge in [-0.25, -0.2) is 9.78 Å². The summed E-state index contributed by atoms with van der Waals surface area (Å²) in [6.07, 6.45) is 1.41. The molecular weight excluding hydrogens is 762 g/mol. The molecule has 1 fully saturated rings. The number of rotatable bonds is 13. The van der Waals surface area contributed by atoms with Crippen LogP contribution in [0.15, 0.2) is 113 Å². The van der Waals surface area contributed by atoms with E-state index in [1.54, 1.807) is 44.2 Å². The number of carbonyl (C=O) groups excluding carboxylic acids is 3. The minimum Gasteiger partial charge on any atom is -0.457 e. The van der Waals surface area contributed by atoms with Crippen LogP contribution in [-0.4, -0.2) is 61.2 Å². The van der Waals surface area contributed by atoms with E-state index in [1.165, 1.54) is 23.1 Å². The number of anilines is 1. The summed E-state index contributed by atoms with van der Waals surface area (Å²) in [6.45, 7) is 7.11. The first-order valence-corrected chi connectivity index (χ1v) is 19.9. The zero-order valence-corrected chi connectivity index (χ0v) is 32.5. The molecule has 2 aliphatic heterocycles. The van der Waals surface area contributed by atoms with Gasteiger partial charge in [0.25, 0.3) is 5.91 Å². The van der Waals surface area contributed by atoms with Crippen LogP contribution in [0, 0.1) is 0 Å². The van der Waals surface area contributed by atoms with Crippen molar-refractivity contribution in [3.63, 3.8) is 0 Å². The Labute approximate surface area is 320 Å². The van der Waals surface area contributed by atoms with Gasteiger partial charge in [0.1, 0.15) is 22.2 Å². The van der Waals surface area contributed by atoms with Gasteiger partial charge in [-0.15, -0.1) is 23.1 Å². The number of thiazole rings is 1. The lowest BCUT2D eigenvalue weighted by Gasteiger charge is -2.44. The average Bonchev–Trinajstić information content (AvgIpc) is 3.60. The van der Waals surface area contributed by atoms with Gasteiger partial charge in [0.05, 0.1) is 11.8 Å². The molecule has 2 N–H and O–H groups in total. The number of aromatic nitrogens is 1. The zero-order chi connectivity index (χ0) is 36.9. The Morgan fingerprint density at radius 1 is 0.981 bits per heavy atom. The number of hydrogen-bond acceptors (Lipinski definition) is 10. The summed E-state index contributed by atoms with van der Waals surface area (Å²) < 4.78 is 5.56. The second kappa shape index (κ2) is 16.1. The fourth-order valence-electron chi connectivity index (χ4n) is 5.93. The van der Waals surface area contributed by atoms with Crippen LogP contribution in [0.5, 0.6) is 0 Å². The number of halogens is 1. The molecule has 270 valence electrons. The molecule has 4 aromatic rings. The van der Waals surface area contributed by atoms with E-state index in [9.17, 15) is 14.4 Å². The highest BCUT2D eigenvalue weighted by molar-refractivity contribution is 9.09. The van der Waals surface area contributed by atoms with Gasteiger partial charge in [-0.05, 0) is 49.5 Å². The van der Waals surface area contributed by atoms with Gasteiger partial charge in [-0.3, -0.25) is 9.59 Å². The van der Waals surface area contributed by atoms with Crippen LogP contribution in [0.4, 0.5) is 5.13 Å². The number of alkyl halides is 1. The Morgan fingerprint density at radius 3 is 2.06 bits per heavy atom. The van der Waals surface area contributed by atoms with Gasteiger partial charge in [-0.1, -0.05) is 119 Å². The summed E-state index contributed by atoms with van der Waals surface area (Å²) in [5.74, 6) is -1.08. The molecule has 52 heavy (non-hydrogen) atoms. The van der Waals surface area contributed by atoms with Crippen LogP contribution in [-0.2, 0) is 29.5 Å². The van der Waals surface area contributed by atoms with E-state index in [0.29, 0.717) is 16.9 Å². The number of esters is 1. The molecule has 0 radical (unpaired) electrons. The van der Waals surface area contributed by atoms with Crippen molar-refractivity contribution < 1.29 is 24.0 Å². The molecule has 3 unspecified atom stereocenters. The summed E-state index contributed by atoms with van der Waals surface area (Å²) in [5, 5.41) is 13.3. The van der Waals surface area contributed by atoms with Crippen molar-refractivity contribution in [2.24, 2.45) is 5.16 Å². The van der Waals surface area contributed by atoms with Gasteiger partial charge in [0, 0.05) is 16.9 Å². The first-order valence-electron chi connectivity index (χ1n) is 16.9. The minimum atomic E-state index is -1.04. The van der Waals surface area contributed by atoms with Crippen LogP contribution in [0.2, 0.25) is 0 Å². The van der Waals surface area contributed by atoms with Gasteiger partial charge in [0.15, 0.2) is 10.8 Å². The van der Waals surface area contributed by atoms with Crippen LogP contribution < -0.4 is 10.6 Å². The molecule has 0 bridgehead atoms. The van der Waals surface area contributed by atoms with Gasteiger partial charge in [-0.2, -0.15) is 0 Å². The van der Waals surface area contributed by atoms with E-state index in [2.05, 4.69) is 68.1 Å². The molecule has 1 saturated heterocycles. The Morgan fingerprint density at radius 2 is 1.56 bits per heavy atom. The number of β-lactam (4-membered cyclic amide) rings is 1. The minimum absolute atomic E-state index is 0.0456. The molecule has 2 amide bonds. The number of thioether (sulfide) groups is 1. The van der Waals surface area contributed by atoms with E-state index in [0.717, 1.165) is 22.3 Å². The molecule has 2 aliphatic rings. The first-order chi connectivity index (χ1) is 25.0. The molecule has 6 rings (SSSR count). The van der Waals surface area contributed by atoms with Crippen LogP contribution in [0.1, 0.15) is 62.9 Å². The highest BCUT2D eigenvalue weighted by atomic mass is 79.9. The molecule has 1 aromatic heterocycles. The third-order valence-electron chi connectivity index (χ3n) is 8.49. The summed E-state index contributed by atoms with van der Waals surface area (Å²) in [5.41, 5.74) is 2.39. The van der Waals surface area contributed by atoms with Crippen LogP contribution >= 0.6 is 39.0 Å². The lowest BCUT2D eigenvalue weighted by Crippen LogP contribution is -2.53. The number of benzene rings is 3. The molecule has 0 aliphatic carbocycles. The largest absolute Gasteiger partial charge is 0.457 e. The number of ether oxygens (including phenoxy) is 1. The van der Waals surface area contributed by atoms with E-state index >= 15 is 0 Å². The van der Waals surface area contributed by atoms with Crippen molar-refractivity contribution in [1.82, 2.24) is 15.2 Å². The fourth-order valence-corrected chi connectivity index (χ4v) is 8.72. The zero-order valence-electron chi connectivity index (χ0n) is 29.2. The maximum atomic E-state index is 14.2. The quantitative estimate of drug-likeness (QED) is 0.0358. The smallest absolute Gasteiger partial charge is 0.350 e. The molecule has 13 heteroatoms. The van der Waals surface area contributed by atoms with E-state index in [-0.39, 0.29) is 29.1 Å². The predicted molar refractivity (Wildman–Crippen MR) is 209 cm³/mol. The Kier molecular flexibility index (Phi) is 11.5. The first kappa shape index (κ1) is 37.3. The second-order valence-electron chi connectivity index (χ2n) is 13.3. The third-order valence-corrected chi connectivity index (χ3v) is 11.3. The Balaban J connectivity index is 1.38.